The summed E-state index contributed by atoms with van der Waals surface area (Å²) in [5.41, 5.74) is 12.8. The van der Waals surface area contributed by atoms with Crippen LogP contribution in [-0.2, 0) is 6.42 Å². The Hall–Kier alpha value is -1.76. The molecule has 1 atom stereocenters. The van der Waals surface area contributed by atoms with Crippen molar-refractivity contribution in [3.05, 3.63) is 67.1 Å². The van der Waals surface area contributed by atoms with Crippen LogP contribution >= 0.6 is 22.6 Å². The molecule has 23 heavy (non-hydrogen) atoms. The van der Waals surface area contributed by atoms with Crippen LogP contribution < -0.4 is 0 Å². The number of benzene rings is 2. The number of nitrogens with zero attached hydrogens (tertiary/aromatic N) is 4. The fourth-order valence-electron chi connectivity index (χ4n) is 3.08. The van der Waals surface area contributed by atoms with Crippen LogP contribution in [0, 0.1) is 3.57 Å². The van der Waals surface area contributed by atoms with Crippen molar-refractivity contribution in [2.75, 3.05) is 20.1 Å². The maximum atomic E-state index is 10.1. The molecule has 1 N–H and O–H groups in total. The number of fused-ring (bicyclic) bond motifs is 1. The van der Waals surface area contributed by atoms with Crippen molar-refractivity contribution in [2.24, 2.45) is 5.11 Å². The Balaban J connectivity index is 2.06. The molecule has 0 unspecified atom stereocenters. The molecule has 0 spiro atoms. The maximum absolute atomic E-state index is 10.1. The minimum absolute atomic E-state index is 0.195. The van der Waals surface area contributed by atoms with Crippen LogP contribution in [0.1, 0.15) is 22.6 Å². The van der Waals surface area contributed by atoms with Crippen LogP contribution in [0.4, 0.5) is 5.69 Å². The Morgan fingerprint density at radius 1 is 1.30 bits per heavy atom. The lowest BCUT2D eigenvalue weighted by Crippen LogP contribution is -2.24. The lowest BCUT2D eigenvalue weighted by atomic mass is 9.88. The van der Waals surface area contributed by atoms with E-state index in [9.17, 15) is 5.11 Å². The summed E-state index contributed by atoms with van der Waals surface area (Å²) in [5, 5.41) is 13.8. The van der Waals surface area contributed by atoms with Crippen LogP contribution in [0.15, 0.2) is 41.5 Å². The molecule has 2 aromatic rings. The lowest BCUT2D eigenvalue weighted by Gasteiger charge is -2.22. The molecule has 1 aliphatic heterocycles. The Labute approximate surface area is 148 Å². The van der Waals surface area contributed by atoms with Gasteiger partial charge in [0.2, 0.25) is 0 Å². The molecule has 6 heteroatoms. The number of likely N-dealkylation sites (N-methyl/N-ethyl adjacent to an activating group) is 1. The van der Waals surface area contributed by atoms with Crippen molar-refractivity contribution >= 4 is 28.3 Å². The predicted octanol–water partition coefficient (Wildman–Crippen LogP) is 4.56. The van der Waals surface area contributed by atoms with E-state index >= 15 is 0 Å². The van der Waals surface area contributed by atoms with Gasteiger partial charge in [0, 0.05) is 29.6 Å². The van der Waals surface area contributed by atoms with Crippen LogP contribution in [0.25, 0.3) is 10.4 Å². The molecule has 0 radical (unpaired) electrons. The monoisotopic (exact) mass is 420 g/mol. The zero-order chi connectivity index (χ0) is 16.4. The van der Waals surface area contributed by atoms with Gasteiger partial charge in [-0.15, -0.1) is 0 Å². The van der Waals surface area contributed by atoms with Crippen LogP contribution in [0.2, 0.25) is 0 Å². The molecule has 0 bridgehead atoms. The highest BCUT2D eigenvalue weighted by molar-refractivity contribution is 14.1. The van der Waals surface area contributed by atoms with E-state index in [1.54, 1.807) is 0 Å². The second kappa shape index (κ2) is 6.78. The Morgan fingerprint density at radius 3 is 2.74 bits per heavy atom. The fraction of sp³-hybridized carbons (Fsp3) is 0.294. The minimum Gasteiger partial charge on any atom is -0.507 e. The van der Waals surface area contributed by atoms with E-state index in [0.29, 0.717) is 11.4 Å². The van der Waals surface area contributed by atoms with Gasteiger partial charge >= 0.3 is 0 Å². The highest BCUT2D eigenvalue weighted by Gasteiger charge is 2.24. The normalized spacial score (nSPS) is 17.9. The first-order chi connectivity index (χ1) is 11.1. The summed E-state index contributed by atoms with van der Waals surface area (Å²) in [5.74, 6) is 0.533. The van der Waals surface area contributed by atoms with E-state index in [2.05, 4.69) is 50.6 Å². The van der Waals surface area contributed by atoms with Crippen molar-refractivity contribution in [3.8, 4) is 5.75 Å². The number of hydrogen-bond acceptors (Lipinski definition) is 3. The van der Waals surface area contributed by atoms with Gasteiger partial charge in [-0.2, -0.15) is 0 Å². The third-order valence-electron chi connectivity index (χ3n) is 4.30. The molecular formula is C17H17IN4O. The minimum atomic E-state index is 0.195. The van der Waals surface area contributed by atoms with Gasteiger partial charge in [0.1, 0.15) is 5.75 Å². The first-order valence-electron chi connectivity index (χ1n) is 7.43. The first-order valence-corrected chi connectivity index (χ1v) is 8.51. The van der Waals surface area contributed by atoms with Gasteiger partial charge in [-0.25, -0.2) is 0 Å². The lowest BCUT2D eigenvalue weighted by molar-refractivity contribution is 0.338. The van der Waals surface area contributed by atoms with E-state index < -0.39 is 0 Å². The summed E-state index contributed by atoms with van der Waals surface area (Å²) in [4.78, 5) is 5.13. The Morgan fingerprint density at radius 2 is 2.04 bits per heavy atom. The van der Waals surface area contributed by atoms with Crippen molar-refractivity contribution in [1.29, 1.82) is 0 Å². The SMILES string of the molecule is CN1CCc2cc(I)c(O)cc2[C@@H](c2ccc(N=[N+]=[N-])cc2)C1. The topological polar surface area (TPSA) is 72.2 Å². The van der Waals surface area contributed by atoms with Crippen molar-refractivity contribution in [2.45, 2.75) is 12.3 Å². The number of aromatic hydroxyl groups is 1. The van der Waals surface area contributed by atoms with Gasteiger partial charge in [0.05, 0.1) is 3.57 Å². The van der Waals surface area contributed by atoms with Gasteiger partial charge in [0.25, 0.3) is 0 Å². The van der Waals surface area contributed by atoms with E-state index in [1.165, 1.54) is 11.1 Å². The summed E-state index contributed by atoms with van der Waals surface area (Å²) in [6.07, 6.45) is 0.982. The second-order valence-electron chi connectivity index (χ2n) is 5.85. The second-order valence-corrected chi connectivity index (χ2v) is 7.01. The molecule has 0 fully saturated rings. The average Bonchev–Trinajstić information content (AvgIpc) is 2.69. The smallest absolute Gasteiger partial charge is 0.129 e. The number of phenols is 1. The average molecular weight is 420 g/mol. The van der Waals surface area contributed by atoms with E-state index in [0.717, 1.165) is 28.6 Å². The number of hydrogen-bond donors (Lipinski definition) is 1. The molecule has 0 aromatic heterocycles. The third kappa shape index (κ3) is 3.44. The van der Waals surface area contributed by atoms with Crippen LogP contribution in [-0.4, -0.2) is 30.1 Å². The molecule has 0 saturated carbocycles. The van der Waals surface area contributed by atoms with Gasteiger partial charge in [0.15, 0.2) is 0 Å². The fourth-order valence-corrected chi connectivity index (χ4v) is 3.61. The molecule has 2 aromatic carbocycles. The summed E-state index contributed by atoms with van der Waals surface area (Å²) in [6, 6.07) is 11.7. The number of halogens is 1. The molecule has 118 valence electrons. The largest absolute Gasteiger partial charge is 0.507 e. The summed E-state index contributed by atoms with van der Waals surface area (Å²) < 4.78 is 0.892. The highest BCUT2D eigenvalue weighted by atomic mass is 127. The molecule has 1 aliphatic rings. The first kappa shape index (κ1) is 16.1. The summed E-state index contributed by atoms with van der Waals surface area (Å²) >= 11 is 2.17. The molecule has 0 aliphatic carbocycles. The Kier molecular flexibility index (Phi) is 4.75. The van der Waals surface area contributed by atoms with Crippen molar-refractivity contribution in [3.63, 3.8) is 0 Å². The van der Waals surface area contributed by atoms with Crippen LogP contribution in [0.3, 0.4) is 0 Å². The highest BCUT2D eigenvalue weighted by Crippen LogP contribution is 2.36. The molecule has 0 amide bonds. The molecule has 0 saturated heterocycles. The predicted molar refractivity (Wildman–Crippen MR) is 99.1 cm³/mol. The van der Waals surface area contributed by atoms with Crippen molar-refractivity contribution in [1.82, 2.24) is 4.90 Å². The molecule has 1 heterocycles. The number of phenolic OH excluding ortho intramolecular Hbond substituents is 1. The molecule has 3 rings (SSSR count). The van der Waals surface area contributed by atoms with Gasteiger partial charge < -0.3 is 10.0 Å². The van der Waals surface area contributed by atoms with E-state index in [-0.39, 0.29) is 5.92 Å². The van der Waals surface area contributed by atoms with Crippen LogP contribution in [0.5, 0.6) is 5.75 Å². The van der Waals surface area contributed by atoms with E-state index in [1.807, 2.05) is 30.3 Å². The van der Waals surface area contributed by atoms with E-state index in [4.69, 9.17) is 5.53 Å². The standard InChI is InChI=1S/C17H17IN4O/c1-22-7-6-12-8-16(18)17(23)9-14(12)15(10-22)11-2-4-13(5-3-11)20-21-19/h2-5,8-9,15,23H,6-7,10H2,1H3/t15-/m1/s1. The zero-order valence-electron chi connectivity index (χ0n) is 12.8. The number of rotatable bonds is 2. The third-order valence-corrected chi connectivity index (χ3v) is 5.16. The maximum Gasteiger partial charge on any atom is 0.129 e. The van der Waals surface area contributed by atoms with Gasteiger partial charge in [-0.05, 0) is 70.4 Å². The summed E-state index contributed by atoms with van der Waals surface area (Å²) in [6.45, 7) is 1.90. The van der Waals surface area contributed by atoms with Crippen molar-refractivity contribution < 1.29 is 5.11 Å². The molecular weight excluding hydrogens is 403 g/mol. The Bertz CT molecular complexity index is 769. The molecule has 5 nitrogen and oxygen atoms in total. The number of azide groups is 1. The zero-order valence-corrected chi connectivity index (χ0v) is 14.9. The quantitative estimate of drug-likeness (QED) is 0.335. The summed E-state index contributed by atoms with van der Waals surface area (Å²) in [7, 11) is 2.12. The van der Waals surface area contributed by atoms with Gasteiger partial charge in [-0.1, -0.05) is 29.4 Å². The van der Waals surface area contributed by atoms with Gasteiger partial charge in [-0.3, -0.25) is 0 Å².